The first-order valence-corrected chi connectivity index (χ1v) is 8.93. The van der Waals surface area contributed by atoms with Crippen molar-refractivity contribution in [2.24, 2.45) is 11.7 Å². The van der Waals surface area contributed by atoms with Crippen molar-refractivity contribution in [3.63, 3.8) is 0 Å². The van der Waals surface area contributed by atoms with Crippen LogP contribution in [0.2, 0.25) is 0 Å². The Bertz CT molecular complexity index is 495. The molecule has 0 bridgehead atoms. The maximum atomic E-state index is 10.9. The third-order valence-electron chi connectivity index (χ3n) is 5.36. The zero-order chi connectivity index (χ0) is 16.8. The van der Waals surface area contributed by atoms with E-state index < -0.39 is 0 Å². The lowest BCUT2D eigenvalue weighted by molar-refractivity contribution is -0.526. The molecule has 6 nitrogen and oxygen atoms in total. The minimum Gasteiger partial charge on any atom is -0.345 e. The number of H-pyrrole nitrogens is 1. The van der Waals surface area contributed by atoms with E-state index in [1.54, 1.807) is 0 Å². The van der Waals surface area contributed by atoms with Gasteiger partial charge in [0, 0.05) is 41.5 Å². The molecule has 0 spiro atoms. The summed E-state index contributed by atoms with van der Waals surface area (Å²) >= 11 is 0. The van der Waals surface area contributed by atoms with Gasteiger partial charge in [-0.2, -0.15) is 0 Å². The third kappa shape index (κ3) is 4.77. The van der Waals surface area contributed by atoms with Crippen molar-refractivity contribution in [3.8, 4) is 0 Å². The Morgan fingerprint density at radius 3 is 2.70 bits per heavy atom. The molecule has 0 aromatic carbocycles. The molecule has 0 aliphatic heterocycles. The Kier molecular flexibility index (Phi) is 6.57. The van der Waals surface area contributed by atoms with Gasteiger partial charge in [-0.15, -0.1) is 0 Å². The monoisotopic (exact) mass is 322 g/mol. The van der Waals surface area contributed by atoms with Crippen LogP contribution in [0.3, 0.4) is 0 Å². The van der Waals surface area contributed by atoms with Crippen LogP contribution in [0, 0.1) is 16.0 Å². The summed E-state index contributed by atoms with van der Waals surface area (Å²) in [6.45, 7) is 5.17. The highest BCUT2D eigenvalue weighted by Crippen LogP contribution is 2.34. The summed E-state index contributed by atoms with van der Waals surface area (Å²) in [4.78, 5) is 18.8. The highest BCUT2D eigenvalue weighted by molar-refractivity contribution is 5.11. The van der Waals surface area contributed by atoms with Crippen molar-refractivity contribution >= 4 is 0 Å². The van der Waals surface area contributed by atoms with Gasteiger partial charge in [0.1, 0.15) is 5.82 Å². The molecular formula is C17H30N4O2. The zero-order valence-electron chi connectivity index (χ0n) is 14.3. The number of nitrogens with two attached hydrogens (primary N) is 1. The van der Waals surface area contributed by atoms with Gasteiger partial charge in [0.2, 0.25) is 6.04 Å². The average molecular weight is 322 g/mol. The standard InChI is InChI=1S/C17H30N4O2/c1-3-13(8-9-18)10-12(2)17-19-11-16(20-17)14-4-6-15(7-5-14)21(22)23/h11-15H,3-10,18H2,1-2H3,(H,19,20)/t12-,13?,14?,15?/m0/s1. The molecule has 3 N–H and O–H groups in total. The first-order valence-electron chi connectivity index (χ1n) is 8.93. The molecule has 0 amide bonds. The maximum absolute atomic E-state index is 10.9. The van der Waals surface area contributed by atoms with E-state index in [1.807, 2.05) is 6.20 Å². The van der Waals surface area contributed by atoms with Crippen molar-refractivity contribution in [2.45, 2.75) is 76.7 Å². The van der Waals surface area contributed by atoms with E-state index in [-0.39, 0.29) is 11.0 Å². The van der Waals surface area contributed by atoms with E-state index >= 15 is 0 Å². The van der Waals surface area contributed by atoms with Gasteiger partial charge < -0.3 is 10.7 Å². The van der Waals surface area contributed by atoms with Crippen LogP contribution in [0.4, 0.5) is 0 Å². The van der Waals surface area contributed by atoms with Crippen LogP contribution >= 0.6 is 0 Å². The molecule has 1 saturated carbocycles. The number of aromatic amines is 1. The SMILES string of the molecule is CCC(CCN)C[C@H](C)c1ncc(C2CCC([N+](=O)[O-])CC2)[nH]1. The minimum atomic E-state index is -0.353. The second-order valence-corrected chi connectivity index (χ2v) is 7.00. The maximum Gasteiger partial charge on any atom is 0.213 e. The average Bonchev–Trinajstić information content (AvgIpc) is 3.04. The Balaban J connectivity index is 1.91. The summed E-state index contributed by atoms with van der Waals surface area (Å²) in [7, 11) is 0. The van der Waals surface area contributed by atoms with Crippen molar-refractivity contribution in [1.82, 2.24) is 9.97 Å². The number of nitro groups is 1. The van der Waals surface area contributed by atoms with Gasteiger partial charge in [0.15, 0.2) is 0 Å². The number of nitrogens with zero attached hydrogens (tertiary/aromatic N) is 2. The summed E-state index contributed by atoms with van der Waals surface area (Å²) in [6, 6.07) is -0.353. The van der Waals surface area contributed by atoms with Crippen molar-refractivity contribution in [1.29, 1.82) is 0 Å². The second-order valence-electron chi connectivity index (χ2n) is 7.00. The lowest BCUT2D eigenvalue weighted by atomic mass is 9.84. The fourth-order valence-corrected chi connectivity index (χ4v) is 3.74. The number of nitrogens with one attached hydrogen (secondary N) is 1. The number of hydrogen-bond acceptors (Lipinski definition) is 4. The van der Waals surface area contributed by atoms with E-state index in [0.717, 1.165) is 50.2 Å². The molecular weight excluding hydrogens is 292 g/mol. The van der Waals surface area contributed by atoms with Crippen molar-refractivity contribution < 1.29 is 4.92 Å². The van der Waals surface area contributed by atoms with Gasteiger partial charge in [0.05, 0.1) is 0 Å². The molecule has 23 heavy (non-hydrogen) atoms. The largest absolute Gasteiger partial charge is 0.345 e. The second kappa shape index (κ2) is 8.43. The van der Waals surface area contributed by atoms with Gasteiger partial charge >= 0.3 is 0 Å². The van der Waals surface area contributed by atoms with E-state index in [2.05, 4.69) is 23.8 Å². The molecule has 1 heterocycles. The number of rotatable bonds is 8. The quantitative estimate of drug-likeness (QED) is 0.564. The van der Waals surface area contributed by atoms with E-state index in [9.17, 15) is 10.1 Å². The molecule has 1 fully saturated rings. The highest BCUT2D eigenvalue weighted by Gasteiger charge is 2.30. The minimum absolute atomic E-state index is 0.126. The third-order valence-corrected chi connectivity index (χ3v) is 5.36. The van der Waals surface area contributed by atoms with Crippen LogP contribution in [0.5, 0.6) is 0 Å². The number of imidazole rings is 1. The molecule has 2 atom stereocenters. The van der Waals surface area contributed by atoms with Crippen LogP contribution in [0.1, 0.15) is 82.1 Å². The molecule has 0 radical (unpaired) electrons. The molecule has 1 unspecified atom stereocenters. The van der Waals surface area contributed by atoms with Gasteiger partial charge in [-0.25, -0.2) is 4.98 Å². The normalized spacial score (nSPS) is 24.3. The topological polar surface area (TPSA) is 97.8 Å². The predicted molar refractivity (Wildman–Crippen MR) is 91.1 cm³/mol. The van der Waals surface area contributed by atoms with Crippen LogP contribution in [-0.4, -0.2) is 27.5 Å². The first-order chi connectivity index (χ1) is 11.0. The van der Waals surface area contributed by atoms with Gasteiger partial charge in [-0.05, 0) is 38.1 Å². The van der Waals surface area contributed by atoms with Crippen LogP contribution in [0.15, 0.2) is 6.20 Å². The number of aromatic nitrogens is 2. The molecule has 1 aliphatic carbocycles. The Labute approximate surface area is 138 Å². The van der Waals surface area contributed by atoms with Crippen LogP contribution in [0.25, 0.3) is 0 Å². The van der Waals surface area contributed by atoms with Gasteiger partial charge in [-0.1, -0.05) is 20.3 Å². The molecule has 1 aliphatic rings. The van der Waals surface area contributed by atoms with Gasteiger partial charge in [0.25, 0.3) is 0 Å². The summed E-state index contributed by atoms with van der Waals surface area (Å²) in [5.74, 6) is 2.49. The summed E-state index contributed by atoms with van der Waals surface area (Å²) < 4.78 is 0. The lowest BCUT2D eigenvalue weighted by Gasteiger charge is -2.23. The fraction of sp³-hybridized carbons (Fsp3) is 0.824. The fourth-order valence-electron chi connectivity index (χ4n) is 3.74. The summed E-state index contributed by atoms with van der Waals surface area (Å²) in [5, 5.41) is 10.9. The molecule has 1 aromatic rings. The Hall–Kier alpha value is -1.43. The van der Waals surface area contributed by atoms with E-state index in [1.165, 1.54) is 0 Å². The van der Waals surface area contributed by atoms with E-state index in [4.69, 9.17) is 5.73 Å². The van der Waals surface area contributed by atoms with Crippen molar-refractivity contribution in [2.75, 3.05) is 6.54 Å². The highest BCUT2D eigenvalue weighted by atomic mass is 16.6. The Morgan fingerprint density at radius 2 is 2.13 bits per heavy atom. The number of hydrogen-bond donors (Lipinski definition) is 2. The summed E-state index contributed by atoms with van der Waals surface area (Å²) in [5.41, 5.74) is 6.84. The molecule has 1 aromatic heterocycles. The molecule has 130 valence electrons. The van der Waals surface area contributed by atoms with Crippen LogP contribution in [-0.2, 0) is 0 Å². The first kappa shape index (κ1) is 17.9. The zero-order valence-corrected chi connectivity index (χ0v) is 14.3. The van der Waals surface area contributed by atoms with Gasteiger partial charge in [-0.3, -0.25) is 10.1 Å². The van der Waals surface area contributed by atoms with Crippen molar-refractivity contribution in [3.05, 3.63) is 27.8 Å². The summed E-state index contributed by atoms with van der Waals surface area (Å²) in [6.07, 6.45) is 8.38. The predicted octanol–water partition coefficient (Wildman–Crippen LogP) is 3.58. The smallest absolute Gasteiger partial charge is 0.213 e. The Morgan fingerprint density at radius 1 is 1.43 bits per heavy atom. The molecule has 6 heteroatoms. The van der Waals surface area contributed by atoms with Crippen LogP contribution < -0.4 is 5.73 Å². The molecule has 2 rings (SSSR count). The molecule has 0 saturated heterocycles. The lowest BCUT2D eigenvalue weighted by Crippen LogP contribution is -2.25. The van der Waals surface area contributed by atoms with E-state index in [0.29, 0.717) is 30.6 Å².